The molecule has 1 heterocycles. The number of thioether (sulfide) groups is 1. The molecule has 2 aromatic rings. The number of benzene rings is 1. The third kappa shape index (κ3) is 5.31. The molecule has 1 aromatic carbocycles. The number of alkyl halides is 3. The number of hydrogen-bond acceptors (Lipinski definition) is 4. The predicted molar refractivity (Wildman–Crippen MR) is 87.0 cm³/mol. The van der Waals surface area contributed by atoms with E-state index in [1.54, 1.807) is 23.9 Å². The van der Waals surface area contributed by atoms with Gasteiger partial charge in [0.05, 0.1) is 5.56 Å². The van der Waals surface area contributed by atoms with Crippen LogP contribution in [0.2, 0.25) is 5.02 Å². The van der Waals surface area contributed by atoms with Gasteiger partial charge in [-0.1, -0.05) is 11.6 Å². The minimum absolute atomic E-state index is 0.105. The smallest absolute Gasteiger partial charge is 0.422 e. The maximum atomic E-state index is 12.1. The van der Waals surface area contributed by atoms with E-state index in [2.05, 4.69) is 15.0 Å². The second kappa shape index (κ2) is 7.76. The molecular weight excluding hydrogens is 365 g/mol. The van der Waals surface area contributed by atoms with E-state index >= 15 is 0 Å². The maximum Gasteiger partial charge on any atom is 0.422 e. The average molecular weight is 377 g/mol. The number of amides is 1. The highest BCUT2D eigenvalue weighted by atomic mass is 35.5. The summed E-state index contributed by atoms with van der Waals surface area (Å²) in [5, 5.41) is 2.47. The highest BCUT2D eigenvalue weighted by molar-refractivity contribution is 7.98. The van der Waals surface area contributed by atoms with E-state index in [1.165, 1.54) is 6.07 Å². The number of nitrogens with one attached hydrogen (secondary N) is 1. The van der Waals surface area contributed by atoms with Crippen LogP contribution in [0.15, 0.2) is 41.4 Å². The molecular formula is C15H12ClF3N2O2S. The minimum Gasteiger partial charge on any atom is -0.467 e. The molecule has 0 atom stereocenters. The van der Waals surface area contributed by atoms with Gasteiger partial charge in [-0.15, -0.1) is 11.8 Å². The lowest BCUT2D eigenvalue weighted by Crippen LogP contribution is -2.20. The number of aromatic nitrogens is 1. The van der Waals surface area contributed by atoms with Crippen molar-refractivity contribution in [2.75, 3.05) is 18.2 Å². The number of rotatable bonds is 5. The van der Waals surface area contributed by atoms with Crippen LogP contribution < -0.4 is 10.1 Å². The van der Waals surface area contributed by atoms with Gasteiger partial charge in [0, 0.05) is 16.8 Å². The maximum absolute atomic E-state index is 12.1. The van der Waals surface area contributed by atoms with Gasteiger partial charge in [-0.05, 0) is 36.6 Å². The predicted octanol–water partition coefficient (Wildman–Crippen LogP) is 4.65. The summed E-state index contributed by atoms with van der Waals surface area (Å²) in [6, 6.07) is 8.37. The molecule has 1 aromatic heterocycles. The van der Waals surface area contributed by atoms with Crippen molar-refractivity contribution in [2.45, 2.75) is 11.1 Å². The molecule has 0 aliphatic carbocycles. The summed E-state index contributed by atoms with van der Waals surface area (Å²) in [5.41, 5.74) is 0.680. The lowest BCUT2D eigenvalue weighted by atomic mass is 10.2. The summed E-state index contributed by atoms with van der Waals surface area (Å²) in [4.78, 5) is 16.8. The summed E-state index contributed by atoms with van der Waals surface area (Å²) < 4.78 is 40.8. The Labute approximate surface area is 145 Å². The van der Waals surface area contributed by atoms with Crippen LogP contribution in [0.4, 0.5) is 18.9 Å². The number of carbonyl (C=O) groups excluding carboxylic acids is 1. The van der Waals surface area contributed by atoms with Gasteiger partial charge >= 0.3 is 6.18 Å². The highest BCUT2D eigenvalue weighted by Gasteiger charge is 2.29. The number of anilines is 1. The largest absolute Gasteiger partial charge is 0.467 e. The van der Waals surface area contributed by atoms with Gasteiger partial charge in [0.2, 0.25) is 5.88 Å². The van der Waals surface area contributed by atoms with Crippen LogP contribution in [0.25, 0.3) is 0 Å². The van der Waals surface area contributed by atoms with E-state index in [4.69, 9.17) is 11.6 Å². The SMILES string of the molecule is CSc1ccc(NC(=O)c2cnc(OCC(F)(F)F)c(Cl)c2)cc1. The molecule has 0 fully saturated rings. The molecule has 4 nitrogen and oxygen atoms in total. The molecule has 0 radical (unpaired) electrons. The number of hydrogen-bond donors (Lipinski definition) is 1. The van der Waals surface area contributed by atoms with E-state index in [9.17, 15) is 18.0 Å². The number of ether oxygens (including phenoxy) is 1. The Bertz CT molecular complexity index is 724. The second-order valence-corrected chi connectivity index (χ2v) is 5.88. The average Bonchev–Trinajstić information content (AvgIpc) is 2.53. The zero-order chi connectivity index (χ0) is 17.7. The first-order valence-electron chi connectivity index (χ1n) is 6.59. The molecule has 0 bridgehead atoms. The summed E-state index contributed by atoms with van der Waals surface area (Å²) in [5.74, 6) is -0.862. The molecule has 1 amide bonds. The molecule has 1 N–H and O–H groups in total. The van der Waals surface area contributed by atoms with Crippen molar-refractivity contribution in [2.24, 2.45) is 0 Å². The van der Waals surface area contributed by atoms with E-state index in [-0.39, 0.29) is 16.5 Å². The molecule has 0 saturated heterocycles. The zero-order valence-electron chi connectivity index (χ0n) is 12.4. The van der Waals surface area contributed by atoms with Crippen molar-refractivity contribution in [3.05, 3.63) is 47.1 Å². The monoisotopic (exact) mass is 376 g/mol. The highest BCUT2D eigenvalue weighted by Crippen LogP contribution is 2.25. The van der Waals surface area contributed by atoms with Gasteiger partial charge in [0.15, 0.2) is 6.61 Å². The van der Waals surface area contributed by atoms with Crippen LogP contribution in [0.5, 0.6) is 5.88 Å². The second-order valence-electron chi connectivity index (χ2n) is 4.60. The van der Waals surface area contributed by atoms with Crippen molar-refractivity contribution in [3.8, 4) is 5.88 Å². The fraction of sp³-hybridized carbons (Fsp3) is 0.200. The third-order valence-electron chi connectivity index (χ3n) is 2.79. The molecule has 128 valence electrons. The van der Waals surface area contributed by atoms with Crippen molar-refractivity contribution in [3.63, 3.8) is 0 Å². The third-order valence-corrected chi connectivity index (χ3v) is 3.80. The van der Waals surface area contributed by atoms with Crippen LogP contribution in [-0.2, 0) is 0 Å². The molecule has 24 heavy (non-hydrogen) atoms. The van der Waals surface area contributed by atoms with E-state index in [0.717, 1.165) is 11.1 Å². The van der Waals surface area contributed by atoms with Crippen LogP contribution in [0.1, 0.15) is 10.4 Å². The molecule has 0 saturated carbocycles. The lowest BCUT2D eigenvalue weighted by molar-refractivity contribution is -0.154. The fourth-order valence-corrected chi connectivity index (χ4v) is 2.31. The Morgan fingerprint density at radius 2 is 2.00 bits per heavy atom. The molecule has 0 aliphatic rings. The van der Waals surface area contributed by atoms with Gasteiger partial charge in [0.1, 0.15) is 5.02 Å². The van der Waals surface area contributed by atoms with Crippen molar-refractivity contribution >= 4 is 35.0 Å². The standard InChI is InChI=1S/C15H12ClF3N2O2S/c1-24-11-4-2-10(3-5-11)21-13(22)9-6-12(16)14(20-7-9)23-8-15(17,18)19/h2-7H,8H2,1H3,(H,21,22). The molecule has 0 aliphatic heterocycles. The number of nitrogens with zero attached hydrogens (tertiary/aromatic N) is 1. The molecule has 2 rings (SSSR count). The summed E-state index contributed by atoms with van der Waals surface area (Å²) in [6.07, 6.45) is -1.46. The zero-order valence-corrected chi connectivity index (χ0v) is 13.9. The van der Waals surface area contributed by atoms with E-state index < -0.39 is 18.7 Å². The van der Waals surface area contributed by atoms with Gasteiger partial charge < -0.3 is 10.1 Å². The van der Waals surface area contributed by atoms with Crippen LogP contribution >= 0.6 is 23.4 Å². The Hall–Kier alpha value is -1.93. The first kappa shape index (κ1) is 18.4. The molecule has 0 unspecified atom stereocenters. The van der Waals surface area contributed by atoms with Crippen LogP contribution in [-0.4, -0.2) is 29.9 Å². The van der Waals surface area contributed by atoms with Gasteiger partial charge in [-0.25, -0.2) is 4.98 Å². The Morgan fingerprint density at radius 1 is 1.33 bits per heavy atom. The lowest BCUT2D eigenvalue weighted by Gasteiger charge is -2.10. The van der Waals surface area contributed by atoms with Gasteiger partial charge in [0.25, 0.3) is 5.91 Å². The van der Waals surface area contributed by atoms with Crippen molar-refractivity contribution < 1.29 is 22.7 Å². The minimum atomic E-state index is -4.50. The Balaban J connectivity index is 2.05. The van der Waals surface area contributed by atoms with Crippen LogP contribution in [0.3, 0.4) is 0 Å². The van der Waals surface area contributed by atoms with Gasteiger partial charge in [-0.3, -0.25) is 4.79 Å². The summed E-state index contributed by atoms with van der Waals surface area (Å²) >= 11 is 7.38. The van der Waals surface area contributed by atoms with E-state index in [1.807, 2.05) is 18.4 Å². The summed E-state index contributed by atoms with van der Waals surface area (Å²) in [7, 11) is 0. The first-order chi connectivity index (χ1) is 11.3. The Kier molecular flexibility index (Phi) is 5.95. The summed E-state index contributed by atoms with van der Waals surface area (Å²) in [6.45, 7) is -1.51. The molecule has 9 heteroatoms. The van der Waals surface area contributed by atoms with Crippen LogP contribution in [0, 0.1) is 0 Å². The first-order valence-corrected chi connectivity index (χ1v) is 8.19. The number of carbonyl (C=O) groups is 1. The molecule has 0 spiro atoms. The number of pyridine rings is 1. The topological polar surface area (TPSA) is 51.2 Å². The number of halogens is 4. The van der Waals surface area contributed by atoms with E-state index in [0.29, 0.717) is 5.69 Å². The van der Waals surface area contributed by atoms with Crippen molar-refractivity contribution in [1.29, 1.82) is 0 Å². The quantitative estimate of drug-likeness (QED) is 0.772. The van der Waals surface area contributed by atoms with Gasteiger partial charge in [-0.2, -0.15) is 13.2 Å². The fourth-order valence-electron chi connectivity index (χ4n) is 1.68. The Morgan fingerprint density at radius 3 is 2.54 bits per heavy atom. The van der Waals surface area contributed by atoms with Crippen molar-refractivity contribution in [1.82, 2.24) is 4.98 Å². The normalized spacial score (nSPS) is 11.2.